The van der Waals surface area contributed by atoms with Gasteiger partial charge in [-0.05, 0) is 162 Å². The predicted molar refractivity (Wildman–Crippen MR) is 245 cm³/mol. The van der Waals surface area contributed by atoms with Crippen molar-refractivity contribution >= 4 is 51.9 Å². The number of hydrogen-bond donors (Lipinski definition) is 0. The van der Waals surface area contributed by atoms with Gasteiger partial charge >= 0.3 is 17.9 Å². The number of allylic oxidation sites excluding steroid dienone is 6. The Morgan fingerprint density at radius 1 is 0.678 bits per heavy atom. The SMILES string of the molecule is C=CC1CC(/C=C/C2CC(/C=C/C3CC(C=C)C(COC(=O)C(C)(C)CC)C3)C(COC(C)=O)C2)C(COC(=O)Cc2cc(-c3ccc(C)s3)sc2-c2ccc(C)s2)C1. The van der Waals surface area contributed by atoms with Crippen molar-refractivity contribution in [1.29, 1.82) is 0 Å². The second-order valence-corrected chi connectivity index (χ2v) is 21.6. The maximum atomic E-state index is 13.5. The largest absolute Gasteiger partial charge is 0.466 e. The lowest BCUT2D eigenvalue weighted by molar-refractivity contribution is -0.155. The lowest BCUT2D eigenvalue weighted by Crippen LogP contribution is -2.28. The molecule has 9 unspecified atom stereocenters. The minimum Gasteiger partial charge on any atom is -0.466 e. The first-order valence-corrected chi connectivity index (χ1v) is 24.0. The molecule has 3 heterocycles. The number of rotatable bonds is 18. The van der Waals surface area contributed by atoms with E-state index in [0.29, 0.717) is 55.3 Å². The van der Waals surface area contributed by atoms with Gasteiger partial charge < -0.3 is 14.2 Å². The van der Waals surface area contributed by atoms with Crippen LogP contribution in [0.3, 0.4) is 0 Å². The van der Waals surface area contributed by atoms with Gasteiger partial charge in [0.25, 0.3) is 0 Å². The van der Waals surface area contributed by atoms with Gasteiger partial charge in [0, 0.05) is 36.2 Å². The first-order chi connectivity index (χ1) is 28.2. The van der Waals surface area contributed by atoms with Gasteiger partial charge in [0.1, 0.15) is 0 Å². The Balaban J connectivity index is 1.07. The number of carbonyl (C=O) groups excluding carboxylic acids is 3. The van der Waals surface area contributed by atoms with Gasteiger partial charge in [0.15, 0.2) is 0 Å². The first-order valence-electron chi connectivity index (χ1n) is 21.6. The van der Waals surface area contributed by atoms with Crippen molar-refractivity contribution in [1.82, 2.24) is 0 Å². The van der Waals surface area contributed by atoms with E-state index in [2.05, 4.69) is 87.7 Å². The van der Waals surface area contributed by atoms with E-state index in [-0.39, 0.29) is 42.1 Å². The smallest absolute Gasteiger partial charge is 0.311 e. The normalized spacial score (nSPS) is 27.1. The molecule has 59 heavy (non-hydrogen) atoms. The molecule has 9 atom stereocenters. The molecule has 3 aromatic rings. The summed E-state index contributed by atoms with van der Waals surface area (Å²) < 4.78 is 17.5. The molecular formula is C50H64O6S3. The summed E-state index contributed by atoms with van der Waals surface area (Å²) in [7, 11) is 0. The van der Waals surface area contributed by atoms with Gasteiger partial charge in [-0.15, -0.1) is 47.2 Å². The highest BCUT2D eigenvalue weighted by molar-refractivity contribution is 7.26. The van der Waals surface area contributed by atoms with Gasteiger partial charge in [-0.2, -0.15) is 0 Å². The lowest BCUT2D eigenvalue weighted by atomic mass is 9.90. The third-order valence-electron chi connectivity index (χ3n) is 13.2. The molecule has 3 aliphatic rings. The van der Waals surface area contributed by atoms with Crippen LogP contribution in [0.1, 0.15) is 88.0 Å². The summed E-state index contributed by atoms with van der Waals surface area (Å²) in [4.78, 5) is 45.4. The molecule has 0 amide bonds. The molecule has 3 aliphatic carbocycles. The van der Waals surface area contributed by atoms with Crippen LogP contribution < -0.4 is 0 Å². The lowest BCUT2D eigenvalue weighted by Gasteiger charge is -2.23. The Hall–Kier alpha value is -3.53. The van der Waals surface area contributed by atoms with Crippen LogP contribution in [0.25, 0.3) is 19.5 Å². The summed E-state index contributed by atoms with van der Waals surface area (Å²) in [5.41, 5.74) is 0.562. The maximum Gasteiger partial charge on any atom is 0.311 e. The number of carbonyl (C=O) groups is 3. The summed E-state index contributed by atoms with van der Waals surface area (Å²) in [5, 5.41) is 0. The van der Waals surface area contributed by atoms with E-state index in [4.69, 9.17) is 14.2 Å². The highest BCUT2D eigenvalue weighted by Crippen LogP contribution is 2.45. The van der Waals surface area contributed by atoms with Crippen LogP contribution in [-0.4, -0.2) is 37.7 Å². The zero-order chi connectivity index (χ0) is 42.3. The van der Waals surface area contributed by atoms with Crippen molar-refractivity contribution in [2.24, 2.45) is 58.7 Å². The fourth-order valence-corrected chi connectivity index (χ4v) is 12.4. The minimum absolute atomic E-state index is 0.128. The Morgan fingerprint density at radius 3 is 1.78 bits per heavy atom. The van der Waals surface area contributed by atoms with E-state index >= 15 is 0 Å². The molecule has 0 spiro atoms. The summed E-state index contributed by atoms with van der Waals surface area (Å²) >= 11 is 5.32. The van der Waals surface area contributed by atoms with E-state index in [1.165, 1.54) is 31.3 Å². The van der Waals surface area contributed by atoms with Crippen LogP contribution >= 0.6 is 34.0 Å². The molecule has 6 rings (SSSR count). The number of aryl methyl sites for hydroxylation is 2. The van der Waals surface area contributed by atoms with Crippen molar-refractivity contribution in [2.45, 2.75) is 92.9 Å². The van der Waals surface area contributed by atoms with E-state index in [1.807, 2.05) is 26.8 Å². The number of hydrogen-bond acceptors (Lipinski definition) is 9. The van der Waals surface area contributed by atoms with E-state index in [1.54, 1.807) is 34.0 Å². The highest BCUT2D eigenvalue weighted by atomic mass is 32.1. The summed E-state index contributed by atoms with van der Waals surface area (Å²) in [5.74, 6) is 2.28. The Kier molecular flexibility index (Phi) is 15.5. The standard InChI is InChI=1S/C50H64O6S3/c1-9-34-20-38(42(21-34)29-55-47(52)27-40-26-46(44-18-12-31(4)57-44)59-48(40)45-19-13-32(5)58-45)16-15-36-23-39(43(25-36)28-54-33(6)51)17-14-35-22-37(10-2)41(24-35)30-56-49(53)50(7,8)11-3/h9-10,12-19,26,34-39,41-43H,1-2,11,20-25,27-30H2,3-8H3/b16-15+,17-14+. The zero-order valence-corrected chi connectivity index (χ0v) is 38.4. The molecule has 6 nitrogen and oxygen atoms in total. The Morgan fingerprint density at radius 2 is 1.22 bits per heavy atom. The Labute approximate surface area is 364 Å². The second kappa shape index (κ2) is 20.4. The maximum absolute atomic E-state index is 13.5. The molecule has 0 saturated heterocycles. The first kappa shape index (κ1) is 45.0. The predicted octanol–water partition coefficient (Wildman–Crippen LogP) is 12.9. The van der Waals surface area contributed by atoms with Crippen molar-refractivity contribution < 1.29 is 28.6 Å². The van der Waals surface area contributed by atoms with Gasteiger partial charge in [-0.25, -0.2) is 0 Å². The quantitative estimate of drug-likeness (QED) is 0.0720. The number of esters is 3. The fraction of sp³-hybridized carbons (Fsp3) is 0.540. The van der Waals surface area contributed by atoms with E-state index < -0.39 is 5.41 Å². The van der Waals surface area contributed by atoms with Crippen molar-refractivity contribution in [3.63, 3.8) is 0 Å². The second-order valence-electron chi connectivity index (χ2n) is 18.0. The Bertz CT molecular complexity index is 1990. The number of ether oxygens (including phenoxy) is 3. The van der Waals surface area contributed by atoms with Gasteiger partial charge in [-0.3, -0.25) is 14.4 Å². The molecule has 9 heteroatoms. The fourth-order valence-electron chi connectivity index (χ4n) is 9.21. The van der Waals surface area contributed by atoms with Gasteiger partial charge in [0.05, 0.1) is 31.7 Å². The third-order valence-corrected chi connectivity index (χ3v) is 16.7. The molecule has 0 aromatic carbocycles. The van der Waals surface area contributed by atoms with Crippen LogP contribution in [0.2, 0.25) is 0 Å². The summed E-state index contributed by atoms with van der Waals surface area (Å²) in [6.45, 7) is 21.1. The topological polar surface area (TPSA) is 78.9 Å². The molecule has 0 bridgehead atoms. The average Bonchev–Trinajstić information content (AvgIpc) is 4.07. The monoisotopic (exact) mass is 856 g/mol. The van der Waals surface area contributed by atoms with Crippen LogP contribution in [0.15, 0.2) is 79.9 Å². The molecule has 3 fully saturated rings. The van der Waals surface area contributed by atoms with Crippen molar-refractivity contribution in [2.75, 3.05) is 19.8 Å². The minimum atomic E-state index is -0.474. The molecule has 0 radical (unpaired) electrons. The van der Waals surface area contributed by atoms with Crippen molar-refractivity contribution in [3.05, 3.63) is 95.3 Å². The highest BCUT2D eigenvalue weighted by Gasteiger charge is 2.37. The molecule has 3 saturated carbocycles. The third kappa shape index (κ3) is 11.9. The van der Waals surface area contributed by atoms with E-state index in [0.717, 1.165) is 55.4 Å². The average molecular weight is 857 g/mol. The molecule has 0 aliphatic heterocycles. The number of thiophene rings is 3. The van der Waals surface area contributed by atoms with E-state index in [9.17, 15) is 14.4 Å². The van der Waals surface area contributed by atoms with Gasteiger partial charge in [-0.1, -0.05) is 43.4 Å². The molecule has 318 valence electrons. The van der Waals surface area contributed by atoms with Crippen LogP contribution in [0.4, 0.5) is 0 Å². The van der Waals surface area contributed by atoms with Crippen molar-refractivity contribution in [3.8, 4) is 19.5 Å². The van der Waals surface area contributed by atoms with Crippen LogP contribution in [0.5, 0.6) is 0 Å². The summed E-state index contributed by atoms with van der Waals surface area (Å²) in [6, 6.07) is 10.8. The van der Waals surface area contributed by atoms with Crippen LogP contribution in [0, 0.1) is 72.5 Å². The molecular weight excluding hydrogens is 793 g/mol. The van der Waals surface area contributed by atoms with Crippen LogP contribution in [-0.2, 0) is 35.0 Å². The molecule has 0 N–H and O–H groups in total. The van der Waals surface area contributed by atoms with Gasteiger partial charge in [0.2, 0.25) is 0 Å². The molecule has 3 aromatic heterocycles. The zero-order valence-electron chi connectivity index (χ0n) is 35.9. The summed E-state index contributed by atoms with van der Waals surface area (Å²) in [6.07, 6.45) is 20.5.